The first-order valence-corrected chi connectivity index (χ1v) is 3.26. The Morgan fingerprint density at radius 3 is 2.56 bits per heavy atom. The number of hydrogen-bond donors (Lipinski definition) is 2. The van der Waals surface area contributed by atoms with E-state index in [1.54, 1.807) is 0 Å². The maximum atomic E-state index is 8.99. The van der Waals surface area contributed by atoms with E-state index in [0.717, 1.165) is 0 Å². The Morgan fingerprint density at radius 1 is 1.67 bits per heavy atom. The van der Waals surface area contributed by atoms with Crippen LogP contribution >= 0.6 is 11.6 Å². The van der Waals surface area contributed by atoms with E-state index in [1.807, 2.05) is 0 Å². The second-order valence-electron chi connectivity index (χ2n) is 2.07. The van der Waals surface area contributed by atoms with Crippen LogP contribution in [0.15, 0.2) is 0 Å². The van der Waals surface area contributed by atoms with Crippen LogP contribution in [0.3, 0.4) is 0 Å². The molecule has 0 aliphatic carbocycles. The average molecular weight is 153 g/mol. The summed E-state index contributed by atoms with van der Waals surface area (Å²) in [5.41, 5.74) is -0.433. The van der Waals surface area contributed by atoms with Crippen molar-refractivity contribution in [3.8, 4) is 0 Å². The van der Waals surface area contributed by atoms with Gasteiger partial charge in [0.05, 0.1) is 12.7 Å². The molecule has 2 N–H and O–H groups in total. The van der Waals surface area contributed by atoms with E-state index >= 15 is 0 Å². The topological polar surface area (TPSA) is 49.7 Å². The third kappa shape index (κ3) is 1.55. The van der Waals surface area contributed by atoms with Gasteiger partial charge < -0.3 is 14.9 Å². The van der Waals surface area contributed by atoms with E-state index in [9.17, 15) is 0 Å². The van der Waals surface area contributed by atoms with Gasteiger partial charge in [-0.1, -0.05) is 11.6 Å². The predicted molar refractivity (Wildman–Crippen MR) is 32.2 cm³/mol. The van der Waals surface area contributed by atoms with Crippen LogP contribution in [0.2, 0.25) is 0 Å². The predicted octanol–water partition coefficient (Wildman–Crippen LogP) is -0.307. The molecule has 0 amide bonds. The summed E-state index contributed by atoms with van der Waals surface area (Å²) in [4.78, 5) is 0. The minimum Gasteiger partial charge on any atom is -0.394 e. The summed E-state index contributed by atoms with van der Waals surface area (Å²) in [6, 6.07) is 0. The molecule has 1 heterocycles. The molecule has 1 aliphatic heterocycles. The maximum absolute atomic E-state index is 8.99. The molecule has 0 radical (unpaired) electrons. The van der Waals surface area contributed by atoms with Crippen LogP contribution in [0.4, 0.5) is 0 Å². The third-order valence-electron chi connectivity index (χ3n) is 1.36. The highest BCUT2D eigenvalue weighted by Gasteiger charge is 2.31. The summed E-state index contributed by atoms with van der Waals surface area (Å²) in [6.07, 6.45) is -0.669. The first kappa shape index (κ1) is 7.28. The Morgan fingerprint density at radius 2 is 2.33 bits per heavy atom. The molecule has 3 atom stereocenters. The normalized spacial score (nSPS) is 43.7. The molecular weight excluding hydrogens is 144 g/mol. The number of hydrogen-bond acceptors (Lipinski definition) is 3. The van der Waals surface area contributed by atoms with Crippen LogP contribution in [0.1, 0.15) is 6.42 Å². The first-order chi connectivity index (χ1) is 4.24. The highest BCUT2D eigenvalue weighted by atomic mass is 35.5. The maximum Gasteiger partial charge on any atom is 0.134 e. The lowest BCUT2D eigenvalue weighted by Gasteiger charge is -2.08. The van der Waals surface area contributed by atoms with E-state index in [2.05, 4.69) is 0 Å². The molecule has 0 spiro atoms. The van der Waals surface area contributed by atoms with Gasteiger partial charge in [0.1, 0.15) is 11.7 Å². The fraction of sp³-hybridized carbons (Fsp3) is 1.00. The molecular formula is C5H9ClO3. The molecule has 0 aromatic carbocycles. The quantitative estimate of drug-likeness (QED) is 0.507. The van der Waals surface area contributed by atoms with Crippen molar-refractivity contribution in [1.82, 2.24) is 0 Å². The standard InChI is InChI=1S/C5H9ClO3/c6-5-1-3(8)4(2-7)9-5/h3-5,7-8H,1-2H2/t3-,4+,5+/m0/s1. The average Bonchev–Trinajstić information content (AvgIpc) is 2.10. The van der Waals surface area contributed by atoms with Crippen LogP contribution < -0.4 is 0 Å². The smallest absolute Gasteiger partial charge is 0.134 e. The number of rotatable bonds is 1. The Labute approximate surface area is 58.2 Å². The van der Waals surface area contributed by atoms with Gasteiger partial charge in [0.25, 0.3) is 0 Å². The van der Waals surface area contributed by atoms with Crippen molar-refractivity contribution in [3.05, 3.63) is 0 Å². The third-order valence-corrected chi connectivity index (χ3v) is 1.64. The zero-order chi connectivity index (χ0) is 6.85. The molecule has 0 aromatic rings. The van der Waals surface area contributed by atoms with Crippen LogP contribution in [-0.2, 0) is 4.74 Å². The Hall–Kier alpha value is 0.170. The molecule has 54 valence electrons. The minimum atomic E-state index is -0.600. The van der Waals surface area contributed by atoms with E-state index in [0.29, 0.717) is 6.42 Å². The second kappa shape index (κ2) is 2.84. The van der Waals surface area contributed by atoms with Gasteiger partial charge in [-0.3, -0.25) is 0 Å². The minimum absolute atomic E-state index is 0.162. The van der Waals surface area contributed by atoms with E-state index in [-0.39, 0.29) is 6.61 Å². The number of aliphatic hydroxyl groups excluding tert-OH is 2. The number of alkyl halides is 1. The Bertz CT molecular complexity index is 98.2. The number of halogens is 1. The summed E-state index contributed by atoms with van der Waals surface area (Å²) in [6.45, 7) is -0.162. The van der Waals surface area contributed by atoms with Crippen molar-refractivity contribution < 1.29 is 14.9 Å². The zero-order valence-corrected chi connectivity index (χ0v) is 5.58. The van der Waals surface area contributed by atoms with Gasteiger partial charge in [-0.2, -0.15) is 0 Å². The van der Waals surface area contributed by atoms with Crippen molar-refractivity contribution in [2.45, 2.75) is 24.2 Å². The van der Waals surface area contributed by atoms with Gasteiger partial charge in [-0.05, 0) is 0 Å². The van der Waals surface area contributed by atoms with Gasteiger partial charge >= 0.3 is 0 Å². The molecule has 9 heavy (non-hydrogen) atoms. The van der Waals surface area contributed by atoms with Gasteiger partial charge in [-0.15, -0.1) is 0 Å². The highest BCUT2D eigenvalue weighted by molar-refractivity contribution is 6.19. The lowest BCUT2D eigenvalue weighted by molar-refractivity contribution is -0.00394. The largest absolute Gasteiger partial charge is 0.394 e. The van der Waals surface area contributed by atoms with Gasteiger partial charge in [0, 0.05) is 6.42 Å². The molecule has 1 rings (SSSR count). The van der Waals surface area contributed by atoms with Crippen LogP contribution in [0.25, 0.3) is 0 Å². The number of aliphatic hydroxyl groups is 2. The molecule has 1 aliphatic rings. The van der Waals surface area contributed by atoms with Crippen LogP contribution in [0.5, 0.6) is 0 Å². The van der Waals surface area contributed by atoms with E-state index < -0.39 is 17.8 Å². The summed E-state index contributed by atoms with van der Waals surface area (Å²) in [7, 11) is 0. The fourth-order valence-corrected chi connectivity index (χ4v) is 1.16. The van der Waals surface area contributed by atoms with Crippen molar-refractivity contribution in [3.63, 3.8) is 0 Å². The second-order valence-corrected chi connectivity index (χ2v) is 2.56. The molecule has 3 nitrogen and oxygen atoms in total. The summed E-state index contributed by atoms with van der Waals surface area (Å²) in [5.74, 6) is 0. The molecule has 0 aromatic heterocycles. The Kier molecular flexibility index (Phi) is 2.29. The molecule has 4 heteroatoms. The van der Waals surface area contributed by atoms with Crippen molar-refractivity contribution in [2.24, 2.45) is 0 Å². The lowest BCUT2D eigenvalue weighted by atomic mass is 10.2. The fourth-order valence-electron chi connectivity index (χ4n) is 0.842. The molecule has 0 saturated carbocycles. The molecule has 0 bridgehead atoms. The molecule has 1 saturated heterocycles. The SMILES string of the molecule is OC[C@H]1O[C@@H](Cl)C[C@@H]1O. The monoisotopic (exact) mass is 152 g/mol. The Balaban J connectivity index is 2.38. The van der Waals surface area contributed by atoms with E-state index in [1.165, 1.54) is 0 Å². The summed E-state index contributed by atoms with van der Waals surface area (Å²) < 4.78 is 4.89. The summed E-state index contributed by atoms with van der Waals surface area (Å²) >= 11 is 5.49. The van der Waals surface area contributed by atoms with Gasteiger partial charge in [0.2, 0.25) is 0 Å². The van der Waals surface area contributed by atoms with Crippen LogP contribution in [0, 0.1) is 0 Å². The van der Waals surface area contributed by atoms with Crippen molar-refractivity contribution in [1.29, 1.82) is 0 Å². The first-order valence-electron chi connectivity index (χ1n) is 2.82. The zero-order valence-electron chi connectivity index (χ0n) is 4.83. The van der Waals surface area contributed by atoms with Crippen molar-refractivity contribution >= 4 is 11.6 Å². The van der Waals surface area contributed by atoms with Crippen molar-refractivity contribution in [2.75, 3.05) is 6.61 Å². The molecule has 0 unspecified atom stereocenters. The summed E-state index contributed by atoms with van der Waals surface area (Å²) in [5, 5.41) is 17.5. The van der Waals surface area contributed by atoms with Gasteiger partial charge in [-0.25, -0.2) is 0 Å². The highest BCUT2D eigenvalue weighted by Crippen LogP contribution is 2.22. The molecule has 1 fully saturated rings. The van der Waals surface area contributed by atoms with E-state index in [4.69, 9.17) is 26.6 Å². The van der Waals surface area contributed by atoms with Crippen LogP contribution in [-0.4, -0.2) is 34.6 Å². The number of ether oxygens (including phenoxy) is 1. The lowest BCUT2D eigenvalue weighted by Crippen LogP contribution is -2.24. The van der Waals surface area contributed by atoms with Gasteiger partial charge in [0.15, 0.2) is 0 Å².